The van der Waals surface area contributed by atoms with Gasteiger partial charge < -0.3 is 20.1 Å². The Morgan fingerprint density at radius 3 is 2.20 bits per heavy atom. The predicted molar refractivity (Wildman–Crippen MR) is 172 cm³/mol. The van der Waals surface area contributed by atoms with Gasteiger partial charge >= 0.3 is 5.97 Å². The Bertz CT molecular complexity index is 1580. The average molecular weight is 589 g/mol. The number of nitrogens with zero attached hydrogens (tertiary/aromatic N) is 1. The third-order valence-electron chi connectivity index (χ3n) is 7.53. The molecule has 2 N–H and O–H groups in total. The van der Waals surface area contributed by atoms with Crippen LogP contribution >= 0.6 is 0 Å². The van der Waals surface area contributed by atoms with Crippen molar-refractivity contribution in [2.24, 2.45) is 5.92 Å². The minimum absolute atomic E-state index is 0.0287. The highest BCUT2D eigenvalue weighted by atomic mass is 16.5. The van der Waals surface area contributed by atoms with E-state index in [2.05, 4.69) is 5.32 Å². The number of amides is 1. The first-order chi connectivity index (χ1) is 21.5. The Balaban J connectivity index is 1.17. The van der Waals surface area contributed by atoms with Crippen molar-refractivity contribution < 1.29 is 24.2 Å². The van der Waals surface area contributed by atoms with Crippen molar-refractivity contribution >= 4 is 29.4 Å². The van der Waals surface area contributed by atoms with Gasteiger partial charge in [0.2, 0.25) is 5.91 Å². The molecule has 224 valence electrons. The molecule has 0 aromatic heterocycles. The summed E-state index contributed by atoms with van der Waals surface area (Å²) >= 11 is 0. The van der Waals surface area contributed by atoms with Gasteiger partial charge in [0.05, 0.1) is 6.54 Å². The second-order valence-corrected chi connectivity index (χ2v) is 10.9. The van der Waals surface area contributed by atoms with Crippen molar-refractivity contribution in [3.63, 3.8) is 0 Å². The zero-order valence-corrected chi connectivity index (χ0v) is 24.5. The number of aliphatic carboxylic acids is 1. The molecule has 1 saturated carbocycles. The van der Waals surface area contributed by atoms with Crippen LogP contribution in [-0.4, -0.2) is 53.4 Å². The summed E-state index contributed by atoms with van der Waals surface area (Å²) in [6.45, 7) is 1.55. The number of benzene rings is 4. The second kappa shape index (κ2) is 14.8. The van der Waals surface area contributed by atoms with Crippen LogP contribution in [0.25, 0.3) is 6.08 Å². The summed E-state index contributed by atoms with van der Waals surface area (Å²) < 4.78 is 5.95. The van der Waals surface area contributed by atoms with Gasteiger partial charge in [0.15, 0.2) is 5.78 Å². The molecule has 0 heterocycles. The number of hydrogen-bond donors (Lipinski definition) is 2. The highest BCUT2D eigenvalue weighted by molar-refractivity contribution is 6.12. The summed E-state index contributed by atoms with van der Waals surface area (Å²) in [5.74, 6) is -0.0226. The second-order valence-electron chi connectivity index (χ2n) is 10.9. The van der Waals surface area contributed by atoms with Gasteiger partial charge in [-0.2, -0.15) is 0 Å². The van der Waals surface area contributed by atoms with E-state index in [-0.39, 0.29) is 18.1 Å². The molecule has 1 aliphatic rings. The van der Waals surface area contributed by atoms with Gasteiger partial charge in [-0.3, -0.25) is 9.59 Å². The number of anilines is 1. The van der Waals surface area contributed by atoms with Crippen molar-refractivity contribution in [3.05, 3.63) is 138 Å². The number of carboxylic acid groups (broad SMARTS) is 1. The molecule has 0 aliphatic heterocycles. The molecule has 1 atom stereocenters. The predicted octanol–water partition coefficient (Wildman–Crippen LogP) is 6.36. The van der Waals surface area contributed by atoms with Crippen LogP contribution in [0.3, 0.4) is 0 Å². The lowest BCUT2D eigenvalue weighted by atomic mass is 10.00. The normalized spacial score (nSPS) is 13.3. The highest BCUT2D eigenvalue weighted by Gasteiger charge is 2.26. The van der Waals surface area contributed by atoms with Gasteiger partial charge in [-0.05, 0) is 60.2 Å². The van der Waals surface area contributed by atoms with Crippen LogP contribution in [0.5, 0.6) is 5.75 Å². The maximum Gasteiger partial charge on any atom is 0.326 e. The quantitative estimate of drug-likeness (QED) is 0.124. The maximum atomic E-state index is 13.1. The van der Waals surface area contributed by atoms with Gasteiger partial charge in [-0.1, -0.05) is 84.9 Å². The minimum Gasteiger partial charge on any atom is -0.492 e. The molecule has 44 heavy (non-hydrogen) atoms. The number of para-hydroxylation sites is 1. The van der Waals surface area contributed by atoms with Crippen LogP contribution < -0.4 is 10.1 Å². The van der Waals surface area contributed by atoms with E-state index in [1.807, 2.05) is 71.6 Å². The molecule has 1 amide bonds. The van der Waals surface area contributed by atoms with Gasteiger partial charge in [0.1, 0.15) is 18.4 Å². The molecule has 0 radical (unpaired) electrons. The molecule has 5 rings (SSSR count). The standard InChI is InChI=1S/C37H36N2O5/c40-35(22-19-27-9-3-1-4-10-27)39(26-29-15-16-29)23-24-44-31-20-17-28(18-21-31)25-34(37(42)43)38-33-14-8-7-13-32(33)36(41)30-11-5-2-6-12-30/h1-14,17-22,29,34,38H,15-16,23-26H2,(H,42,43)/t34-/m0/s1. The molecule has 4 aromatic carbocycles. The van der Waals surface area contributed by atoms with Crippen molar-refractivity contribution in [2.75, 3.05) is 25.0 Å². The lowest BCUT2D eigenvalue weighted by Crippen LogP contribution is -2.35. The smallest absolute Gasteiger partial charge is 0.326 e. The van der Waals surface area contributed by atoms with E-state index in [9.17, 15) is 19.5 Å². The molecule has 1 aliphatic carbocycles. The van der Waals surface area contributed by atoms with E-state index in [0.717, 1.165) is 30.5 Å². The molecule has 1 fully saturated rings. The maximum absolute atomic E-state index is 13.1. The molecule has 7 heteroatoms. The largest absolute Gasteiger partial charge is 0.492 e. The summed E-state index contributed by atoms with van der Waals surface area (Å²) in [7, 11) is 0. The molecule has 4 aromatic rings. The third-order valence-corrected chi connectivity index (χ3v) is 7.53. The Labute approximate surface area is 257 Å². The Hall–Kier alpha value is -5.17. The lowest BCUT2D eigenvalue weighted by molar-refractivity contribution is -0.137. The number of ketones is 1. The molecule has 0 spiro atoms. The first-order valence-corrected chi connectivity index (χ1v) is 14.9. The molecule has 0 bridgehead atoms. The van der Waals surface area contributed by atoms with Crippen LogP contribution in [0.2, 0.25) is 0 Å². The first-order valence-electron chi connectivity index (χ1n) is 14.9. The van der Waals surface area contributed by atoms with Crippen molar-refractivity contribution in [3.8, 4) is 5.75 Å². The van der Waals surface area contributed by atoms with Crippen molar-refractivity contribution in [1.82, 2.24) is 4.90 Å². The summed E-state index contributed by atoms with van der Waals surface area (Å²) in [5.41, 5.74) is 3.21. The SMILES string of the molecule is O=C(c1ccccc1)c1ccccc1N[C@@H](Cc1ccc(OCCN(CC2CC2)C(=O)C=Cc2ccccc2)cc1)C(=O)O. The minimum atomic E-state index is -1.02. The fourth-order valence-electron chi connectivity index (χ4n) is 4.91. The molecule has 0 unspecified atom stereocenters. The monoisotopic (exact) mass is 588 g/mol. The fourth-order valence-corrected chi connectivity index (χ4v) is 4.91. The fraction of sp³-hybridized carbons (Fsp3) is 0.216. The molecule has 0 saturated heterocycles. The number of hydrogen-bond acceptors (Lipinski definition) is 5. The summed E-state index contributed by atoms with van der Waals surface area (Å²) in [6, 6.07) is 32.0. The zero-order chi connectivity index (χ0) is 30.7. The number of carbonyl (C=O) groups excluding carboxylic acids is 2. The first kappa shape index (κ1) is 30.3. The van der Waals surface area contributed by atoms with Gasteiger partial charge in [-0.25, -0.2) is 4.79 Å². The Morgan fingerprint density at radius 1 is 0.864 bits per heavy atom. The molecular weight excluding hydrogens is 552 g/mol. The number of carbonyl (C=O) groups is 3. The van der Waals surface area contributed by atoms with Crippen LogP contribution in [0.1, 0.15) is 39.9 Å². The van der Waals surface area contributed by atoms with Gasteiger partial charge in [0, 0.05) is 35.9 Å². The van der Waals surface area contributed by atoms with E-state index in [1.165, 1.54) is 0 Å². The van der Waals surface area contributed by atoms with Gasteiger partial charge in [0.25, 0.3) is 0 Å². The van der Waals surface area contributed by atoms with Crippen LogP contribution in [0, 0.1) is 5.92 Å². The number of nitrogens with one attached hydrogen (secondary N) is 1. The van der Waals surface area contributed by atoms with Crippen LogP contribution in [0.4, 0.5) is 5.69 Å². The zero-order valence-electron chi connectivity index (χ0n) is 24.5. The number of carboxylic acids is 1. The molecule has 7 nitrogen and oxygen atoms in total. The van der Waals surface area contributed by atoms with Crippen molar-refractivity contribution in [1.29, 1.82) is 0 Å². The van der Waals surface area contributed by atoms with Crippen LogP contribution in [0.15, 0.2) is 115 Å². The summed E-state index contributed by atoms with van der Waals surface area (Å²) in [5, 5.41) is 13.0. The van der Waals surface area contributed by atoms with E-state index in [0.29, 0.717) is 41.6 Å². The number of ether oxygens (including phenoxy) is 1. The van der Waals surface area contributed by atoms with E-state index in [1.54, 1.807) is 54.6 Å². The lowest BCUT2D eigenvalue weighted by Gasteiger charge is -2.21. The summed E-state index contributed by atoms with van der Waals surface area (Å²) in [6.07, 6.45) is 5.96. The average Bonchev–Trinajstić information content (AvgIpc) is 3.88. The van der Waals surface area contributed by atoms with Crippen LogP contribution in [-0.2, 0) is 16.0 Å². The Kier molecular flexibility index (Phi) is 10.2. The summed E-state index contributed by atoms with van der Waals surface area (Å²) in [4.78, 5) is 40.0. The van der Waals surface area contributed by atoms with E-state index in [4.69, 9.17) is 4.74 Å². The van der Waals surface area contributed by atoms with Crippen molar-refractivity contribution in [2.45, 2.75) is 25.3 Å². The highest BCUT2D eigenvalue weighted by Crippen LogP contribution is 2.30. The topological polar surface area (TPSA) is 95.9 Å². The Morgan fingerprint density at radius 2 is 1.52 bits per heavy atom. The van der Waals surface area contributed by atoms with E-state index < -0.39 is 12.0 Å². The third kappa shape index (κ3) is 8.67. The van der Waals surface area contributed by atoms with Gasteiger partial charge in [-0.15, -0.1) is 0 Å². The molecular formula is C37H36N2O5. The number of rotatable bonds is 15. The van der Waals surface area contributed by atoms with E-state index >= 15 is 0 Å².